The molecular weight excluding hydrogens is 210 g/mol. The quantitative estimate of drug-likeness (QED) is 0.853. The molecule has 2 heterocycles. The van der Waals surface area contributed by atoms with E-state index < -0.39 is 0 Å². The second-order valence-electron chi connectivity index (χ2n) is 5.42. The van der Waals surface area contributed by atoms with E-state index in [2.05, 4.69) is 29.8 Å². The van der Waals surface area contributed by atoms with E-state index in [1.807, 2.05) is 19.2 Å². The van der Waals surface area contributed by atoms with Gasteiger partial charge in [-0.1, -0.05) is 13.8 Å². The van der Waals surface area contributed by atoms with Crippen LogP contribution in [0.25, 0.3) is 0 Å². The summed E-state index contributed by atoms with van der Waals surface area (Å²) in [6, 6.07) is 4.21. The number of rotatable bonds is 2. The lowest BCUT2D eigenvalue weighted by Gasteiger charge is -2.36. The van der Waals surface area contributed by atoms with Gasteiger partial charge in [-0.15, -0.1) is 0 Å². The smallest absolute Gasteiger partial charge is 0.0569 e. The SMILES string of the molecule is CC1CCN(c2ccc([C@H](C)N)nc2)CC1C. The molecule has 3 nitrogen and oxygen atoms in total. The van der Waals surface area contributed by atoms with Gasteiger partial charge in [0.1, 0.15) is 0 Å². The Morgan fingerprint density at radius 3 is 2.65 bits per heavy atom. The number of pyridine rings is 1. The Kier molecular flexibility index (Phi) is 3.67. The monoisotopic (exact) mass is 233 g/mol. The van der Waals surface area contributed by atoms with Crippen LogP contribution in [0.3, 0.4) is 0 Å². The summed E-state index contributed by atoms with van der Waals surface area (Å²) in [4.78, 5) is 6.86. The molecule has 0 aromatic carbocycles. The average molecular weight is 233 g/mol. The van der Waals surface area contributed by atoms with Gasteiger partial charge in [-0.25, -0.2) is 0 Å². The lowest BCUT2D eigenvalue weighted by molar-refractivity contribution is 0.324. The summed E-state index contributed by atoms with van der Waals surface area (Å²) in [5, 5.41) is 0. The number of hydrogen-bond donors (Lipinski definition) is 1. The van der Waals surface area contributed by atoms with Gasteiger partial charge in [0.05, 0.1) is 17.6 Å². The Labute approximate surface area is 104 Å². The molecule has 94 valence electrons. The second-order valence-corrected chi connectivity index (χ2v) is 5.42. The van der Waals surface area contributed by atoms with Crippen LogP contribution in [0.5, 0.6) is 0 Å². The average Bonchev–Trinajstić information content (AvgIpc) is 2.33. The molecule has 1 aliphatic heterocycles. The first-order valence-corrected chi connectivity index (χ1v) is 6.54. The van der Waals surface area contributed by atoms with Crippen molar-refractivity contribution < 1.29 is 0 Å². The Hall–Kier alpha value is -1.09. The third-order valence-corrected chi connectivity index (χ3v) is 3.94. The Morgan fingerprint density at radius 2 is 2.12 bits per heavy atom. The fraction of sp³-hybridized carbons (Fsp3) is 0.643. The molecule has 2 rings (SSSR count). The minimum Gasteiger partial charge on any atom is -0.370 e. The first kappa shape index (κ1) is 12.4. The van der Waals surface area contributed by atoms with Crippen molar-refractivity contribution in [2.24, 2.45) is 17.6 Å². The minimum absolute atomic E-state index is 0.0179. The van der Waals surface area contributed by atoms with Crippen LogP contribution in [-0.4, -0.2) is 18.1 Å². The van der Waals surface area contributed by atoms with E-state index in [1.165, 1.54) is 12.1 Å². The summed E-state index contributed by atoms with van der Waals surface area (Å²) in [6.45, 7) is 8.93. The van der Waals surface area contributed by atoms with E-state index in [0.717, 1.165) is 30.6 Å². The fourth-order valence-corrected chi connectivity index (χ4v) is 2.35. The Morgan fingerprint density at radius 1 is 1.35 bits per heavy atom. The maximum Gasteiger partial charge on any atom is 0.0569 e. The van der Waals surface area contributed by atoms with Crippen molar-refractivity contribution in [3.63, 3.8) is 0 Å². The van der Waals surface area contributed by atoms with Gasteiger partial charge < -0.3 is 10.6 Å². The van der Waals surface area contributed by atoms with Crippen molar-refractivity contribution in [3.05, 3.63) is 24.0 Å². The van der Waals surface area contributed by atoms with Crippen LogP contribution < -0.4 is 10.6 Å². The van der Waals surface area contributed by atoms with Crippen molar-refractivity contribution in [2.45, 2.75) is 33.2 Å². The minimum atomic E-state index is 0.0179. The molecule has 0 bridgehead atoms. The van der Waals surface area contributed by atoms with E-state index in [4.69, 9.17) is 5.73 Å². The highest BCUT2D eigenvalue weighted by atomic mass is 15.1. The zero-order valence-corrected chi connectivity index (χ0v) is 11.1. The molecule has 3 heteroatoms. The molecule has 2 N–H and O–H groups in total. The van der Waals surface area contributed by atoms with E-state index in [1.54, 1.807) is 0 Å². The summed E-state index contributed by atoms with van der Waals surface area (Å²) in [5.41, 5.74) is 8.00. The summed E-state index contributed by atoms with van der Waals surface area (Å²) in [7, 11) is 0. The third kappa shape index (κ3) is 2.78. The lowest BCUT2D eigenvalue weighted by Crippen LogP contribution is -2.38. The topological polar surface area (TPSA) is 42.1 Å². The fourth-order valence-electron chi connectivity index (χ4n) is 2.35. The molecule has 1 aromatic rings. The second kappa shape index (κ2) is 5.05. The number of nitrogens with two attached hydrogens (primary N) is 1. The number of hydrogen-bond acceptors (Lipinski definition) is 3. The molecule has 17 heavy (non-hydrogen) atoms. The molecule has 0 aliphatic carbocycles. The van der Waals surface area contributed by atoms with Crippen LogP contribution in [-0.2, 0) is 0 Å². The maximum atomic E-state index is 5.81. The van der Waals surface area contributed by atoms with Crippen LogP contribution in [0.15, 0.2) is 18.3 Å². The van der Waals surface area contributed by atoms with Gasteiger partial charge >= 0.3 is 0 Å². The molecule has 1 aromatic heterocycles. The lowest BCUT2D eigenvalue weighted by atomic mass is 9.88. The molecule has 1 saturated heterocycles. The van der Waals surface area contributed by atoms with Crippen molar-refractivity contribution >= 4 is 5.69 Å². The molecule has 0 amide bonds. The summed E-state index contributed by atoms with van der Waals surface area (Å²) >= 11 is 0. The van der Waals surface area contributed by atoms with E-state index in [0.29, 0.717) is 0 Å². The number of anilines is 1. The first-order valence-electron chi connectivity index (χ1n) is 6.54. The van der Waals surface area contributed by atoms with Gasteiger partial charge in [-0.3, -0.25) is 4.98 Å². The largest absolute Gasteiger partial charge is 0.370 e. The van der Waals surface area contributed by atoms with Crippen LogP contribution in [0.2, 0.25) is 0 Å². The maximum absolute atomic E-state index is 5.81. The van der Waals surface area contributed by atoms with Gasteiger partial charge in [-0.2, -0.15) is 0 Å². The van der Waals surface area contributed by atoms with Crippen LogP contribution >= 0.6 is 0 Å². The van der Waals surface area contributed by atoms with Gasteiger partial charge in [0.15, 0.2) is 0 Å². The van der Waals surface area contributed by atoms with Gasteiger partial charge in [0, 0.05) is 19.1 Å². The van der Waals surface area contributed by atoms with E-state index in [9.17, 15) is 0 Å². The zero-order chi connectivity index (χ0) is 12.4. The predicted octanol–water partition coefficient (Wildman–Crippen LogP) is 2.58. The molecule has 0 saturated carbocycles. The van der Waals surface area contributed by atoms with Crippen LogP contribution in [0, 0.1) is 11.8 Å². The molecule has 0 spiro atoms. The van der Waals surface area contributed by atoms with Crippen molar-refractivity contribution in [2.75, 3.05) is 18.0 Å². The van der Waals surface area contributed by atoms with Crippen molar-refractivity contribution in [1.82, 2.24) is 4.98 Å². The summed E-state index contributed by atoms with van der Waals surface area (Å²) < 4.78 is 0. The van der Waals surface area contributed by atoms with Crippen LogP contribution in [0.1, 0.15) is 38.9 Å². The standard InChI is InChI=1S/C14H23N3/c1-10-6-7-17(9-11(10)2)13-4-5-14(12(3)15)16-8-13/h4-5,8,10-12H,6-7,9,15H2,1-3H3/t10?,11?,12-/m0/s1. The molecule has 1 fully saturated rings. The molecule has 2 unspecified atom stereocenters. The van der Waals surface area contributed by atoms with E-state index in [-0.39, 0.29) is 6.04 Å². The highest BCUT2D eigenvalue weighted by molar-refractivity contribution is 5.45. The molecule has 3 atom stereocenters. The zero-order valence-electron chi connectivity index (χ0n) is 11.1. The van der Waals surface area contributed by atoms with Crippen LogP contribution in [0.4, 0.5) is 5.69 Å². The molecular formula is C14H23N3. The van der Waals surface area contributed by atoms with Gasteiger partial charge in [0.25, 0.3) is 0 Å². The number of piperidine rings is 1. The van der Waals surface area contributed by atoms with Gasteiger partial charge in [0.2, 0.25) is 0 Å². The van der Waals surface area contributed by atoms with Gasteiger partial charge in [-0.05, 0) is 37.3 Å². The number of aromatic nitrogens is 1. The predicted molar refractivity (Wildman–Crippen MR) is 72.0 cm³/mol. The molecule has 1 aliphatic rings. The summed E-state index contributed by atoms with van der Waals surface area (Å²) in [6.07, 6.45) is 3.23. The number of nitrogens with zero attached hydrogens (tertiary/aromatic N) is 2. The van der Waals surface area contributed by atoms with Crippen molar-refractivity contribution in [1.29, 1.82) is 0 Å². The third-order valence-electron chi connectivity index (χ3n) is 3.94. The molecule has 0 radical (unpaired) electrons. The highest BCUT2D eigenvalue weighted by Gasteiger charge is 2.22. The highest BCUT2D eigenvalue weighted by Crippen LogP contribution is 2.26. The summed E-state index contributed by atoms with van der Waals surface area (Å²) in [5.74, 6) is 1.60. The van der Waals surface area contributed by atoms with Crippen molar-refractivity contribution in [3.8, 4) is 0 Å². The first-order chi connectivity index (χ1) is 8.08. The normalized spacial score (nSPS) is 26.9. The van der Waals surface area contributed by atoms with E-state index >= 15 is 0 Å². The Balaban J connectivity index is 2.07. The Bertz CT molecular complexity index is 358.